The number of hydrogen-bond acceptors (Lipinski definition) is 5. The van der Waals surface area contributed by atoms with E-state index in [1.54, 1.807) is 15.7 Å². The maximum absolute atomic E-state index is 12.6. The molecule has 5 rings (SSSR count). The van der Waals surface area contributed by atoms with Crippen LogP contribution in [-0.2, 0) is 11.3 Å². The van der Waals surface area contributed by atoms with Crippen LogP contribution in [0, 0.1) is 5.92 Å². The van der Waals surface area contributed by atoms with E-state index >= 15 is 0 Å². The van der Waals surface area contributed by atoms with Gasteiger partial charge in [-0.1, -0.05) is 12.1 Å². The van der Waals surface area contributed by atoms with Gasteiger partial charge in [0.2, 0.25) is 0 Å². The van der Waals surface area contributed by atoms with Crippen molar-refractivity contribution in [2.24, 2.45) is 5.92 Å². The SMILES string of the molecule is O=C(c1ccc(-c2cnc3[nH]c(=O)n(CC4CC4)c3n2)cc1)N1CCOCC1. The first kappa shape index (κ1) is 17.1. The minimum Gasteiger partial charge on any atom is -0.378 e. The third-order valence-corrected chi connectivity index (χ3v) is 5.34. The van der Waals surface area contributed by atoms with Gasteiger partial charge in [0.15, 0.2) is 11.3 Å². The van der Waals surface area contributed by atoms with Crippen LogP contribution in [0.1, 0.15) is 23.2 Å². The molecule has 2 fully saturated rings. The Labute approximate surface area is 161 Å². The summed E-state index contributed by atoms with van der Waals surface area (Å²) in [7, 11) is 0. The third kappa shape index (κ3) is 3.20. The van der Waals surface area contributed by atoms with Gasteiger partial charge in [-0.25, -0.2) is 14.8 Å². The molecule has 3 aromatic rings. The molecule has 1 saturated carbocycles. The van der Waals surface area contributed by atoms with E-state index in [9.17, 15) is 9.59 Å². The second kappa shape index (κ2) is 6.87. The average molecular weight is 379 g/mol. The largest absolute Gasteiger partial charge is 0.378 e. The van der Waals surface area contributed by atoms with Crippen LogP contribution in [0.4, 0.5) is 0 Å². The smallest absolute Gasteiger partial charge is 0.328 e. The van der Waals surface area contributed by atoms with Gasteiger partial charge in [-0.3, -0.25) is 14.3 Å². The minimum absolute atomic E-state index is 0.0142. The van der Waals surface area contributed by atoms with Crippen molar-refractivity contribution in [3.05, 3.63) is 46.5 Å². The monoisotopic (exact) mass is 379 g/mol. The molecule has 28 heavy (non-hydrogen) atoms. The van der Waals surface area contributed by atoms with E-state index in [2.05, 4.69) is 15.0 Å². The summed E-state index contributed by atoms with van der Waals surface area (Å²) in [5.74, 6) is 0.577. The predicted molar refractivity (Wildman–Crippen MR) is 103 cm³/mol. The Bertz CT molecular complexity index is 1080. The molecule has 1 aliphatic heterocycles. The summed E-state index contributed by atoms with van der Waals surface area (Å²) < 4.78 is 6.98. The van der Waals surface area contributed by atoms with E-state index in [4.69, 9.17) is 4.74 Å². The molecular formula is C20H21N5O3. The number of benzene rings is 1. The van der Waals surface area contributed by atoms with Crippen LogP contribution < -0.4 is 5.69 Å². The Hall–Kier alpha value is -3.00. The van der Waals surface area contributed by atoms with Crippen molar-refractivity contribution in [2.45, 2.75) is 19.4 Å². The van der Waals surface area contributed by atoms with Crippen LogP contribution in [0.2, 0.25) is 0 Å². The van der Waals surface area contributed by atoms with Crippen LogP contribution in [0.15, 0.2) is 35.3 Å². The zero-order valence-corrected chi connectivity index (χ0v) is 15.4. The van der Waals surface area contributed by atoms with Gasteiger partial charge in [-0.15, -0.1) is 0 Å². The molecule has 0 atom stereocenters. The summed E-state index contributed by atoms with van der Waals surface area (Å²) in [6, 6.07) is 7.37. The summed E-state index contributed by atoms with van der Waals surface area (Å²) in [6.45, 7) is 3.09. The van der Waals surface area contributed by atoms with Crippen LogP contribution in [-0.4, -0.2) is 56.6 Å². The molecule has 2 aromatic heterocycles. The number of fused-ring (bicyclic) bond motifs is 1. The molecule has 1 aliphatic carbocycles. The molecule has 0 spiro atoms. The van der Waals surface area contributed by atoms with Crippen molar-refractivity contribution in [3.8, 4) is 11.3 Å². The van der Waals surface area contributed by atoms with Crippen molar-refractivity contribution >= 4 is 17.2 Å². The fourth-order valence-electron chi connectivity index (χ4n) is 3.52. The van der Waals surface area contributed by atoms with Crippen molar-refractivity contribution in [2.75, 3.05) is 26.3 Å². The Morgan fingerprint density at radius 2 is 1.93 bits per heavy atom. The van der Waals surface area contributed by atoms with E-state index in [-0.39, 0.29) is 11.6 Å². The Morgan fingerprint density at radius 1 is 1.18 bits per heavy atom. The number of morpholine rings is 1. The molecule has 0 bridgehead atoms. The molecule has 8 nitrogen and oxygen atoms in total. The molecule has 0 radical (unpaired) electrons. The lowest BCUT2D eigenvalue weighted by molar-refractivity contribution is 0.0303. The summed E-state index contributed by atoms with van der Waals surface area (Å²) in [5, 5.41) is 0. The third-order valence-electron chi connectivity index (χ3n) is 5.34. The fourth-order valence-corrected chi connectivity index (χ4v) is 3.52. The van der Waals surface area contributed by atoms with Gasteiger partial charge in [0.05, 0.1) is 25.1 Å². The first-order chi connectivity index (χ1) is 13.7. The molecule has 3 heterocycles. The lowest BCUT2D eigenvalue weighted by Crippen LogP contribution is -2.40. The van der Waals surface area contributed by atoms with E-state index in [0.29, 0.717) is 61.3 Å². The van der Waals surface area contributed by atoms with E-state index in [0.717, 1.165) is 18.4 Å². The van der Waals surface area contributed by atoms with Gasteiger partial charge in [-0.2, -0.15) is 0 Å². The number of nitrogens with one attached hydrogen (secondary N) is 1. The normalized spacial score (nSPS) is 17.2. The van der Waals surface area contributed by atoms with Crippen LogP contribution >= 0.6 is 0 Å². The highest BCUT2D eigenvalue weighted by Gasteiger charge is 2.24. The van der Waals surface area contributed by atoms with Crippen LogP contribution in [0.5, 0.6) is 0 Å². The number of aromatic amines is 1. The molecule has 2 aliphatic rings. The topological polar surface area (TPSA) is 93.1 Å². The second-order valence-corrected chi connectivity index (χ2v) is 7.39. The molecule has 144 valence electrons. The summed E-state index contributed by atoms with van der Waals surface area (Å²) >= 11 is 0. The van der Waals surface area contributed by atoms with Crippen molar-refractivity contribution in [3.63, 3.8) is 0 Å². The lowest BCUT2D eigenvalue weighted by atomic mass is 10.1. The first-order valence-electron chi connectivity index (χ1n) is 9.62. The van der Waals surface area contributed by atoms with Crippen molar-refractivity contribution in [1.29, 1.82) is 0 Å². The number of hydrogen-bond donors (Lipinski definition) is 1. The number of carbonyl (C=O) groups is 1. The lowest BCUT2D eigenvalue weighted by Gasteiger charge is -2.26. The minimum atomic E-state index is -0.162. The molecule has 0 unspecified atom stereocenters. The highest BCUT2D eigenvalue weighted by Crippen LogP contribution is 2.31. The van der Waals surface area contributed by atoms with E-state index in [1.165, 1.54) is 0 Å². The number of imidazole rings is 1. The average Bonchev–Trinajstić information content (AvgIpc) is 3.51. The predicted octanol–water partition coefficient (Wildman–Crippen LogP) is 1.67. The Morgan fingerprint density at radius 3 is 2.64 bits per heavy atom. The molecule has 1 aromatic carbocycles. The van der Waals surface area contributed by atoms with Gasteiger partial charge in [0, 0.05) is 30.8 Å². The quantitative estimate of drug-likeness (QED) is 0.744. The number of nitrogens with zero attached hydrogens (tertiary/aromatic N) is 4. The zero-order chi connectivity index (χ0) is 19.1. The van der Waals surface area contributed by atoms with Gasteiger partial charge >= 0.3 is 5.69 Å². The van der Waals surface area contributed by atoms with Crippen molar-refractivity contribution in [1.82, 2.24) is 24.4 Å². The molecular weight excluding hydrogens is 358 g/mol. The Kier molecular flexibility index (Phi) is 4.20. The van der Waals surface area contributed by atoms with Crippen LogP contribution in [0.3, 0.4) is 0 Å². The van der Waals surface area contributed by atoms with E-state index < -0.39 is 0 Å². The molecule has 8 heteroatoms. The maximum atomic E-state index is 12.6. The summed E-state index contributed by atoms with van der Waals surface area (Å²) in [5.41, 5.74) is 3.12. The fraction of sp³-hybridized carbons (Fsp3) is 0.400. The van der Waals surface area contributed by atoms with Gasteiger partial charge in [0.25, 0.3) is 5.91 Å². The molecule has 1 saturated heterocycles. The standard InChI is InChI=1S/C20H21N5O3/c26-19(24-7-9-28-10-8-24)15-5-3-14(4-6-15)16-11-21-17-18(22-16)25(20(27)23-17)12-13-1-2-13/h3-6,11,13H,1-2,7-10,12H2,(H,21,23,27). The maximum Gasteiger partial charge on any atom is 0.328 e. The summed E-state index contributed by atoms with van der Waals surface area (Å²) in [6.07, 6.45) is 3.97. The first-order valence-corrected chi connectivity index (χ1v) is 9.62. The van der Waals surface area contributed by atoms with Crippen LogP contribution in [0.25, 0.3) is 22.6 Å². The number of H-pyrrole nitrogens is 1. The second-order valence-electron chi connectivity index (χ2n) is 7.39. The number of rotatable bonds is 4. The van der Waals surface area contributed by atoms with Gasteiger partial charge in [-0.05, 0) is 30.9 Å². The van der Waals surface area contributed by atoms with Gasteiger partial charge < -0.3 is 9.64 Å². The number of amides is 1. The molecule has 1 amide bonds. The van der Waals surface area contributed by atoms with Crippen molar-refractivity contribution < 1.29 is 9.53 Å². The Balaban J connectivity index is 1.43. The highest BCUT2D eigenvalue weighted by molar-refractivity contribution is 5.94. The zero-order valence-electron chi connectivity index (χ0n) is 15.4. The summed E-state index contributed by atoms with van der Waals surface area (Å²) in [4.78, 5) is 38.4. The number of aromatic nitrogens is 4. The van der Waals surface area contributed by atoms with E-state index in [1.807, 2.05) is 24.3 Å². The number of ether oxygens (including phenoxy) is 1. The highest BCUT2D eigenvalue weighted by atomic mass is 16.5. The van der Waals surface area contributed by atoms with Gasteiger partial charge in [0.1, 0.15) is 0 Å². The number of carbonyl (C=O) groups excluding carboxylic acids is 1. The molecule has 1 N–H and O–H groups in total.